The molecule has 0 fully saturated rings. The van der Waals surface area contributed by atoms with Crippen LogP contribution in [0.15, 0.2) is 22.7 Å². The molecule has 1 rings (SSSR count). The Bertz CT molecular complexity index is 333. The predicted octanol–water partition coefficient (Wildman–Crippen LogP) is 3.09. The number of ether oxygens (including phenoxy) is 1. The lowest BCUT2D eigenvalue weighted by molar-refractivity contribution is 0.342. The number of rotatable bonds is 3. The second-order valence-electron chi connectivity index (χ2n) is 2.27. The molecule has 0 radical (unpaired) electrons. The Hall–Kier alpha value is -0.530. The Morgan fingerprint density at radius 3 is 2.85 bits per heavy atom. The summed E-state index contributed by atoms with van der Waals surface area (Å²) in [6.07, 6.45) is 0. The van der Waals surface area contributed by atoms with Crippen LogP contribution in [-0.4, -0.2) is 11.9 Å². The zero-order chi connectivity index (χ0) is 9.68. The summed E-state index contributed by atoms with van der Waals surface area (Å²) in [5.74, 6) is 0.615. The smallest absolute Gasteiger partial charge is 0.151 e. The molecule has 0 unspecified atom stereocenters. The van der Waals surface area contributed by atoms with Gasteiger partial charge in [-0.15, -0.1) is 0 Å². The second-order valence-corrected chi connectivity index (χ2v) is 3.91. The molecule has 0 saturated heterocycles. The van der Waals surface area contributed by atoms with Crippen LogP contribution in [0.25, 0.3) is 0 Å². The van der Waals surface area contributed by atoms with Gasteiger partial charge in [-0.2, -0.15) is 5.26 Å². The topological polar surface area (TPSA) is 33.0 Å². The molecule has 0 saturated carbocycles. The maximum absolute atomic E-state index is 8.78. The van der Waals surface area contributed by atoms with Gasteiger partial charge in [-0.05, 0) is 28.1 Å². The summed E-state index contributed by atoms with van der Waals surface area (Å²) in [5.41, 5.74) is 0.551. The van der Waals surface area contributed by atoms with Gasteiger partial charge in [0.1, 0.15) is 6.07 Å². The fourth-order valence-corrected chi connectivity index (χ4v) is 1.53. The van der Waals surface area contributed by atoms with E-state index in [1.54, 1.807) is 6.07 Å². The van der Waals surface area contributed by atoms with E-state index < -0.39 is 0 Å². The summed E-state index contributed by atoms with van der Waals surface area (Å²) in [7, 11) is 0. The molecule has 1 aromatic carbocycles. The van der Waals surface area contributed by atoms with Gasteiger partial charge in [0, 0.05) is 5.33 Å². The molecule has 0 spiro atoms. The van der Waals surface area contributed by atoms with E-state index in [-0.39, 0.29) is 0 Å². The maximum Gasteiger partial charge on any atom is 0.151 e. The monoisotopic (exact) mass is 303 g/mol. The molecule has 0 aliphatic carbocycles. The molecule has 68 valence electrons. The van der Waals surface area contributed by atoms with Gasteiger partial charge in [-0.3, -0.25) is 0 Å². The first-order valence-electron chi connectivity index (χ1n) is 3.67. The molecule has 0 aliphatic rings. The van der Waals surface area contributed by atoms with Crippen LogP contribution in [0, 0.1) is 11.3 Å². The molecule has 0 aliphatic heterocycles. The van der Waals surface area contributed by atoms with E-state index in [4.69, 9.17) is 10.00 Å². The van der Waals surface area contributed by atoms with Crippen molar-refractivity contribution in [1.29, 1.82) is 5.26 Å². The third-order valence-electron chi connectivity index (χ3n) is 1.41. The zero-order valence-corrected chi connectivity index (χ0v) is 9.93. The molecule has 0 amide bonds. The van der Waals surface area contributed by atoms with Crippen molar-refractivity contribution in [2.75, 3.05) is 11.9 Å². The number of alkyl halides is 1. The van der Waals surface area contributed by atoms with Gasteiger partial charge in [0.25, 0.3) is 0 Å². The van der Waals surface area contributed by atoms with Crippen LogP contribution in [0.1, 0.15) is 5.56 Å². The third-order valence-corrected chi connectivity index (χ3v) is 2.36. The predicted molar refractivity (Wildman–Crippen MR) is 58.1 cm³/mol. The molecular weight excluding hydrogens is 298 g/mol. The van der Waals surface area contributed by atoms with E-state index in [0.29, 0.717) is 17.9 Å². The average Bonchev–Trinajstić information content (AvgIpc) is 2.15. The van der Waals surface area contributed by atoms with Gasteiger partial charge in [-0.25, -0.2) is 0 Å². The van der Waals surface area contributed by atoms with E-state index in [0.717, 1.165) is 9.80 Å². The van der Waals surface area contributed by atoms with Crippen LogP contribution < -0.4 is 4.74 Å². The van der Waals surface area contributed by atoms with Crippen molar-refractivity contribution in [1.82, 2.24) is 0 Å². The number of nitrogens with zero attached hydrogens (tertiary/aromatic N) is 1. The number of benzene rings is 1. The number of hydrogen-bond acceptors (Lipinski definition) is 2. The molecule has 1 aromatic rings. The minimum atomic E-state index is 0.551. The molecule has 0 N–H and O–H groups in total. The van der Waals surface area contributed by atoms with Crippen LogP contribution in [0.3, 0.4) is 0 Å². The van der Waals surface area contributed by atoms with Crippen molar-refractivity contribution in [3.8, 4) is 11.8 Å². The largest absolute Gasteiger partial charge is 0.490 e. The van der Waals surface area contributed by atoms with E-state index in [2.05, 4.69) is 37.9 Å². The van der Waals surface area contributed by atoms with E-state index >= 15 is 0 Å². The van der Waals surface area contributed by atoms with Crippen LogP contribution in [-0.2, 0) is 0 Å². The minimum absolute atomic E-state index is 0.551. The molecular formula is C9H7Br2NO. The summed E-state index contributed by atoms with van der Waals surface area (Å²) in [4.78, 5) is 0. The fraction of sp³-hybridized carbons (Fsp3) is 0.222. The lowest BCUT2D eigenvalue weighted by atomic mass is 10.2. The number of hydrogen-bond donors (Lipinski definition) is 0. The molecule has 0 atom stereocenters. The molecule has 4 heteroatoms. The van der Waals surface area contributed by atoms with Crippen molar-refractivity contribution in [3.63, 3.8) is 0 Å². The van der Waals surface area contributed by atoms with Crippen LogP contribution in [0.2, 0.25) is 0 Å². The Kier molecular flexibility index (Phi) is 4.26. The van der Waals surface area contributed by atoms with Gasteiger partial charge in [0.05, 0.1) is 16.6 Å². The summed E-state index contributed by atoms with van der Waals surface area (Å²) >= 11 is 6.58. The highest BCUT2D eigenvalue weighted by Gasteiger charge is 2.06. The third kappa shape index (κ3) is 2.71. The molecule has 0 bridgehead atoms. The van der Waals surface area contributed by atoms with Gasteiger partial charge in [0.15, 0.2) is 5.75 Å². The van der Waals surface area contributed by atoms with E-state index in [9.17, 15) is 0 Å². The molecule has 0 heterocycles. The summed E-state index contributed by atoms with van der Waals surface area (Å²) in [5, 5.41) is 9.53. The van der Waals surface area contributed by atoms with Gasteiger partial charge in [-0.1, -0.05) is 22.0 Å². The highest BCUT2D eigenvalue weighted by Crippen LogP contribution is 2.28. The Morgan fingerprint density at radius 2 is 2.23 bits per heavy atom. The van der Waals surface area contributed by atoms with Crippen molar-refractivity contribution < 1.29 is 4.74 Å². The van der Waals surface area contributed by atoms with Crippen LogP contribution in [0.4, 0.5) is 0 Å². The van der Waals surface area contributed by atoms with Crippen molar-refractivity contribution in [3.05, 3.63) is 28.2 Å². The zero-order valence-electron chi connectivity index (χ0n) is 6.76. The van der Waals surface area contributed by atoms with E-state index in [1.165, 1.54) is 0 Å². The highest BCUT2D eigenvalue weighted by atomic mass is 79.9. The number of nitriles is 1. The first-order chi connectivity index (χ1) is 6.29. The van der Waals surface area contributed by atoms with Crippen molar-refractivity contribution in [2.24, 2.45) is 0 Å². The summed E-state index contributed by atoms with van der Waals surface area (Å²) in [6.45, 7) is 0.553. The lowest BCUT2D eigenvalue weighted by Gasteiger charge is -2.07. The van der Waals surface area contributed by atoms with Gasteiger partial charge >= 0.3 is 0 Å². The minimum Gasteiger partial charge on any atom is -0.490 e. The van der Waals surface area contributed by atoms with Gasteiger partial charge < -0.3 is 4.74 Å². The Morgan fingerprint density at radius 1 is 1.46 bits per heavy atom. The number of halogens is 2. The van der Waals surface area contributed by atoms with Gasteiger partial charge in [0.2, 0.25) is 0 Å². The molecule has 2 nitrogen and oxygen atoms in total. The maximum atomic E-state index is 8.78. The fourth-order valence-electron chi connectivity index (χ4n) is 0.884. The first-order valence-corrected chi connectivity index (χ1v) is 5.58. The summed E-state index contributed by atoms with van der Waals surface area (Å²) < 4.78 is 6.20. The normalized spacial score (nSPS) is 9.31. The second kappa shape index (κ2) is 5.25. The first kappa shape index (κ1) is 10.6. The molecule has 13 heavy (non-hydrogen) atoms. The lowest BCUT2D eigenvalue weighted by Crippen LogP contribution is -2.00. The SMILES string of the molecule is N#Cc1cccc(Br)c1OCCBr. The van der Waals surface area contributed by atoms with Crippen molar-refractivity contribution >= 4 is 31.9 Å². The highest BCUT2D eigenvalue weighted by molar-refractivity contribution is 9.10. The molecule has 0 aromatic heterocycles. The standard InChI is InChI=1S/C9H7Br2NO/c10-4-5-13-9-7(6-12)2-1-3-8(9)11/h1-3H,4-5H2. The van der Waals surface area contributed by atoms with E-state index in [1.807, 2.05) is 12.1 Å². The quantitative estimate of drug-likeness (QED) is 0.804. The Labute approximate surface area is 93.8 Å². The Balaban J connectivity index is 2.95. The van der Waals surface area contributed by atoms with Crippen LogP contribution in [0.5, 0.6) is 5.75 Å². The van der Waals surface area contributed by atoms with Crippen molar-refractivity contribution in [2.45, 2.75) is 0 Å². The average molecular weight is 305 g/mol. The number of para-hydroxylation sites is 1. The van der Waals surface area contributed by atoms with Crippen LogP contribution >= 0.6 is 31.9 Å². The summed E-state index contributed by atoms with van der Waals surface area (Å²) in [6, 6.07) is 7.47.